The Morgan fingerprint density at radius 3 is 2.53 bits per heavy atom. The van der Waals surface area contributed by atoms with Crippen molar-refractivity contribution in [1.29, 1.82) is 0 Å². The minimum atomic E-state index is -0.878. The first-order valence-corrected chi connectivity index (χ1v) is 5.52. The summed E-state index contributed by atoms with van der Waals surface area (Å²) in [7, 11) is 0. The van der Waals surface area contributed by atoms with Crippen LogP contribution in [0, 0.1) is 0 Å². The third-order valence-electron chi connectivity index (χ3n) is 2.72. The Morgan fingerprint density at radius 2 is 1.94 bits per heavy atom. The molecule has 1 heterocycles. The molecule has 0 amide bonds. The van der Waals surface area contributed by atoms with E-state index < -0.39 is 5.66 Å². The molecule has 5 nitrogen and oxygen atoms in total. The number of hydrogen-bond acceptors (Lipinski definition) is 5. The van der Waals surface area contributed by atoms with Gasteiger partial charge in [0.25, 0.3) is 0 Å². The van der Waals surface area contributed by atoms with Crippen molar-refractivity contribution in [2.75, 3.05) is 6.54 Å². The number of benzene rings is 1. The number of hydrogen-bond donors (Lipinski definition) is 4. The normalized spacial score (nSPS) is 23.1. The Labute approximate surface area is 100 Å². The second-order valence-electron chi connectivity index (χ2n) is 4.04. The van der Waals surface area contributed by atoms with E-state index in [4.69, 9.17) is 17.2 Å². The molecule has 1 aliphatic heterocycles. The van der Waals surface area contributed by atoms with Crippen molar-refractivity contribution >= 4 is 5.96 Å². The zero-order valence-electron chi connectivity index (χ0n) is 9.56. The summed E-state index contributed by atoms with van der Waals surface area (Å²) < 4.78 is 0. The molecule has 0 saturated carbocycles. The molecule has 2 rings (SSSR count). The second-order valence-corrected chi connectivity index (χ2v) is 4.04. The fraction of sp³-hybridized carbons (Fsp3) is 0.250. The van der Waals surface area contributed by atoms with Crippen LogP contribution < -0.4 is 22.5 Å². The molecule has 5 heteroatoms. The van der Waals surface area contributed by atoms with Gasteiger partial charge in [0.2, 0.25) is 0 Å². The van der Waals surface area contributed by atoms with Crippen molar-refractivity contribution in [3.05, 3.63) is 47.7 Å². The average Bonchev–Trinajstić information content (AvgIpc) is 2.30. The maximum atomic E-state index is 6.18. The molecule has 1 aliphatic rings. The zero-order chi connectivity index (χ0) is 12.3. The highest BCUT2D eigenvalue weighted by Crippen LogP contribution is 2.23. The lowest BCUT2D eigenvalue weighted by Gasteiger charge is -2.25. The van der Waals surface area contributed by atoms with Gasteiger partial charge in [-0.05, 0) is 30.2 Å². The largest absolute Gasteiger partial charge is 0.370 e. The molecular formula is C12H17N5. The molecule has 0 fully saturated rings. The van der Waals surface area contributed by atoms with Gasteiger partial charge in [0.1, 0.15) is 0 Å². The lowest BCUT2D eigenvalue weighted by Crippen LogP contribution is -2.42. The molecule has 1 atom stereocenters. The first-order valence-electron chi connectivity index (χ1n) is 5.52. The van der Waals surface area contributed by atoms with Crippen LogP contribution in [0.2, 0.25) is 0 Å². The van der Waals surface area contributed by atoms with Gasteiger partial charge in [-0.15, -0.1) is 0 Å². The van der Waals surface area contributed by atoms with E-state index in [1.807, 2.05) is 24.3 Å². The van der Waals surface area contributed by atoms with Gasteiger partial charge in [-0.1, -0.05) is 24.3 Å². The molecular weight excluding hydrogens is 214 g/mol. The molecule has 0 spiro atoms. The number of nitrogens with zero attached hydrogens (tertiary/aromatic N) is 1. The summed E-state index contributed by atoms with van der Waals surface area (Å²) in [5.74, 6) is 0.320. The molecule has 7 N–H and O–H groups in total. The van der Waals surface area contributed by atoms with E-state index in [0.717, 1.165) is 12.0 Å². The molecule has 17 heavy (non-hydrogen) atoms. The van der Waals surface area contributed by atoms with Crippen molar-refractivity contribution in [3.63, 3.8) is 0 Å². The van der Waals surface area contributed by atoms with E-state index in [1.54, 1.807) is 12.3 Å². The van der Waals surface area contributed by atoms with Gasteiger partial charge < -0.3 is 16.8 Å². The molecule has 0 bridgehead atoms. The number of nitrogens with one attached hydrogen (secondary N) is 1. The summed E-state index contributed by atoms with van der Waals surface area (Å²) in [5.41, 5.74) is 18.5. The van der Waals surface area contributed by atoms with E-state index in [2.05, 4.69) is 10.3 Å². The van der Waals surface area contributed by atoms with Gasteiger partial charge in [-0.25, -0.2) is 4.99 Å². The van der Waals surface area contributed by atoms with Gasteiger partial charge in [0.05, 0.1) is 0 Å². The van der Waals surface area contributed by atoms with E-state index in [1.165, 1.54) is 5.56 Å². The SMILES string of the molecule is NCCc1ccc(C2(N)C=CNC(N)=N2)cc1. The standard InChI is InChI=1S/C12H17N5/c13-7-5-9-1-3-10(4-2-9)12(15)6-8-16-11(14)17-12/h1-4,6,8H,5,7,13,15H2,(H3,14,16,17). The van der Waals surface area contributed by atoms with Crippen molar-refractivity contribution in [1.82, 2.24) is 5.32 Å². The summed E-state index contributed by atoms with van der Waals surface area (Å²) in [6.45, 7) is 0.641. The van der Waals surface area contributed by atoms with Gasteiger partial charge in [-0.3, -0.25) is 5.73 Å². The van der Waals surface area contributed by atoms with Crippen LogP contribution in [0.25, 0.3) is 0 Å². The molecule has 1 unspecified atom stereocenters. The van der Waals surface area contributed by atoms with Crippen LogP contribution in [0.1, 0.15) is 11.1 Å². The Morgan fingerprint density at radius 1 is 1.24 bits per heavy atom. The summed E-state index contributed by atoms with van der Waals surface area (Å²) in [5, 5.41) is 2.79. The summed E-state index contributed by atoms with van der Waals surface area (Å²) in [6.07, 6.45) is 4.35. The number of nitrogens with two attached hydrogens (primary N) is 3. The first-order chi connectivity index (χ1) is 8.14. The van der Waals surface area contributed by atoms with Crippen LogP contribution in [0.4, 0.5) is 0 Å². The van der Waals surface area contributed by atoms with E-state index in [9.17, 15) is 0 Å². The van der Waals surface area contributed by atoms with Crippen molar-refractivity contribution < 1.29 is 0 Å². The van der Waals surface area contributed by atoms with Crippen molar-refractivity contribution in [2.24, 2.45) is 22.2 Å². The fourth-order valence-electron chi connectivity index (χ4n) is 1.79. The summed E-state index contributed by atoms with van der Waals surface area (Å²) in [6, 6.07) is 7.94. The fourth-order valence-corrected chi connectivity index (χ4v) is 1.79. The van der Waals surface area contributed by atoms with Crippen molar-refractivity contribution in [2.45, 2.75) is 12.1 Å². The van der Waals surface area contributed by atoms with Crippen LogP contribution >= 0.6 is 0 Å². The van der Waals surface area contributed by atoms with E-state index in [-0.39, 0.29) is 0 Å². The molecule has 1 aromatic rings. The second kappa shape index (κ2) is 4.57. The minimum Gasteiger partial charge on any atom is -0.370 e. The zero-order valence-corrected chi connectivity index (χ0v) is 9.56. The molecule has 0 saturated heterocycles. The Kier molecular flexibility index (Phi) is 3.12. The third-order valence-corrected chi connectivity index (χ3v) is 2.72. The smallest absolute Gasteiger partial charge is 0.195 e. The number of guanidine groups is 1. The summed E-state index contributed by atoms with van der Waals surface area (Å²) in [4.78, 5) is 4.21. The van der Waals surface area contributed by atoms with Crippen LogP contribution in [0.3, 0.4) is 0 Å². The predicted octanol–water partition coefficient (Wildman–Crippen LogP) is -0.269. The maximum absolute atomic E-state index is 6.18. The number of rotatable bonds is 3. The average molecular weight is 231 g/mol. The van der Waals surface area contributed by atoms with Crippen LogP contribution in [-0.2, 0) is 12.1 Å². The third kappa shape index (κ3) is 2.46. The van der Waals surface area contributed by atoms with E-state index >= 15 is 0 Å². The maximum Gasteiger partial charge on any atom is 0.195 e. The molecule has 0 aromatic heterocycles. The molecule has 0 aliphatic carbocycles. The van der Waals surface area contributed by atoms with Crippen LogP contribution in [0.5, 0.6) is 0 Å². The van der Waals surface area contributed by atoms with Gasteiger partial charge in [0.15, 0.2) is 11.6 Å². The predicted molar refractivity (Wildman–Crippen MR) is 69.0 cm³/mol. The number of aliphatic imine (C=N–C) groups is 1. The highest BCUT2D eigenvalue weighted by molar-refractivity contribution is 5.80. The van der Waals surface area contributed by atoms with Gasteiger partial charge >= 0.3 is 0 Å². The molecule has 1 aromatic carbocycles. The van der Waals surface area contributed by atoms with E-state index in [0.29, 0.717) is 12.5 Å². The highest BCUT2D eigenvalue weighted by Gasteiger charge is 2.25. The molecule has 90 valence electrons. The topological polar surface area (TPSA) is 102 Å². The Balaban J connectivity index is 2.27. The van der Waals surface area contributed by atoms with Crippen LogP contribution in [0.15, 0.2) is 41.5 Å². The minimum absolute atomic E-state index is 0.320. The van der Waals surface area contributed by atoms with Crippen LogP contribution in [-0.4, -0.2) is 12.5 Å². The van der Waals surface area contributed by atoms with Gasteiger partial charge in [-0.2, -0.15) is 0 Å². The van der Waals surface area contributed by atoms with Gasteiger partial charge in [0, 0.05) is 6.20 Å². The molecule has 0 radical (unpaired) electrons. The Hall–Kier alpha value is -1.85. The quantitative estimate of drug-likeness (QED) is 0.575. The Bertz CT molecular complexity index is 448. The lowest BCUT2D eigenvalue weighted by atomic mass is 9.98. The summed E-state index contributed by atoms with van der Waals surface area (Å²) >= 11 is 0. The highest BCUT2D eigenvalue weighted by atomic mass is 15.2. The lowest BCUT2D eigenvalue weighted by molar-refractivity contribution is 0.581. The van der Waals surface area contributed by atoms with Crippen molar-refractivity contribution in [3.8, 4) is 0 Å². The monoisotopic (exact) mass is 231 g/mol. The first kappa shape index (κ1) is 11.6.